The maximum Gasteiger partial charge on any atom is 0.264 e. The van der Waals surface area contributed by atoms with E-state index in [0.717, 1.165) is 6.42 Å². The predicted octanol–water partition coefficient (Wildman–Crippen LogP) is 2.09. The van der Waals surface area contributed by atoms with Gasteiger partial charge in [0.1, 0.15) is 4.90 Å². The third kappa shape index (κ3) is 2.09. The zero-order valence-corrected chi connectivity index (χ0v) is 9.93. The third-order valence-electron chi connectivity index (χ3n) is 2.27. The van der Waals surface area contributed by atoms with E-state index in [9.17, 15) is 8.42 Å². The van der Waals surface area contributed by atoms with Crippen molar-refractivity contribution in [2.24, 2.45) is 0 Å². The van der Waals surface area contributed by atoms with Crippen LogP contribution in [0.4, 0.5) is 0 Å². The summed E-state index contributed by atoms with van der Waals surface area (Å²) in [5, 5.41) is 4.01. The van der Waals surface area contributed by atoms with E-state index in [1.165, 1.54) is 6.20 Å². The Labute approximate surface area is 88.3 Å². The van der Waals surface area contributed by atoms with Crippen molar-refractivity contribution in [1.82, 2.24) is 9.78 Å². The Hall–Kier alpha value is -0.550. The smallest absolute Gasteiger partial charge is 0.264 e. The van der Waals surface area contributed by atoms with Crippen molar-refractivity contribution >= 4 is 19.7 Å². The lowest BCUT2D eigenvalue weighted by Crippen LogP contribution is -2.08. The first-order valence-corrected chi connectivity index (χ1v) is 6.67. The summed E-state index contributed by atoms with van der Waals surface area (Å²) in [4.78, 5) is 0.0967. The molecule has 0 amide bonds. The van der Waals surface area contributed by atoms with Crippen molar-refractivity contribution in [3.8, 4) is 0 Å². The van der Waals surface area contributed by atoms with Crippen LogP contribution in [0.2, 0.25) is 0 Å². The van der Waals surface area contributed by atoms with Crippen LogP contribution in [-0.4, -0.2) is 18.2 Å². The molecule has 0 spiro atoms. The molecule has 1 atom stereocenters. The third-order valence-corrected chi connectivity index (χ3v) is 3.70. The quantitative estimate of drug-likeness (QED) is 0.756. The molecule has 0 radical (unpaired) electrons. The second-order valence-corrected chi connectivity index (χ2v) is 5.77. The Balaban J connectivity index is 3.22. The topological polar surface area (TPSA) is 52.0 Å². The van der Waals surface area contributed by atoms with Gasteiger partial charge in [0.25, 0.3) is 9.05 Å². The second-order valence-electron chi connectivity index (χ2n) is 3.23. The number of rotatable bonds is 3. The van der Waals surface area contributed by atoms with E-state index in [1.54, 1.807) is 11.6 Å². The first kappa shape index (κ1) is 11.5. The average molecular weight is 237 g/mol. The maximum atomic E-state index is 11.1. The Morgan fingerprint density at radius 1 is 1.64 bits per heavy atom. The minimum Gasteiger partial charge on any atom is -0.266 e. The molecule has 80 valence electrons. The molecule has 0 aliphatic heterocycles. The molecule has 1 rings (SSSR count). The van der Waals surface area contributed by atoms with Crippen LogP contribution < -0.4 is 0 Å². The van der Waals surface area contributed by atoms with Crippen molar-refractivity contribution in [3.63, 3.8) is 0 Å². The molecule has 1 aromatic rings. The highest BCUT2D eigenvalue weighted by molar-refractivity contribution is 8.13. The summed E-state index contributed by atoms with van der Waals surface area (Å²) in [7, 11) is 1.58. The van der Waals surface area contributed by atoms with Crippen LogP contribution in [0, 0.1) is 6.92 Å². The molecule has 6 heteroatoms. The lowest BCUT2D eigenvalue weighted by atomic mass is 10.2. The summed E-state index contributed by atoms with van der Waals surface area (Å²) in [5.41, 5.74) is 0.592. The Morgan fingerprint density at radius 2 is 2.21 bits per heavy atom. The zero-order valence-electron chi connectivity index (χ0n) is 8.36. The molecule has 0 aliphatic carbocycles. The van der Waals surface area contributed by atoms with E-state index < -0.39 is 9.05 Å². The van der Waals surface area contributed by atoms with Gasteiger partial charge in [-0.1, -0.05) is 6.92 Å². The van der Waals surface area contributed by atoms with E-state index >= 15 is 0 Å². The fraction of sp³-hybridized carbons (Fsp3) is 0.625. The average Bonchev–Trinajstić information content (AvgIpc) is 2.45. The largest absolute Gasteiger partial charge is 0.266 e. The molecule has 0 aliphatic rings. The maximum absolute atomic E-state index is 11.1. The lowest BCUT2D eigenvalue weighted by Gasteiger charge is -2.11. The molecule has 0 bridgehead atoms. The summed E-state index contributed by atoms with van der Waals surface area (Å²) in [6.07, 6.45) is 2.19. The molecule has 1 aromatic heterocycles. The number of nitrogens with zero attached hydrogens (tertiary/aromatic N) is 2. The molecular formula is C8H13ClN2O2S. The van der Waals surface area contributed by atoms with Gasteiger partial charge in [0, 0.05) is 16.7 Å². The van der Waals surface area contributed by atoms with Gasteiger partial charge in [-0.05, 0) is 20.3 Å². The van der Waals surface area contributed by atoms with Crippen molar-refractivity contribution in [3.05, 3.63) is 11.9 Å². The normalized spacial score (nSPS) is 14.3. The van der Waals surface area contributed by atoms with E-state index in [-0.39, 0.29) is 10.9 Å². The Kier molecular flexibility index (Phi) is 3.21. The molecular weight excluding hydrogens is 224 g/mol. The molecule has 14 heavy (non-hydrogen) atoms. The summed E-state index contributed by atoms with van der Waals surface area (Å²) in [6, 6.07) is 0.183. The highest BCUT2D eigenvalue weighted by Crippen LogP contribution is 2.22. The standard InChI is InChI=1S/C8H13ClN2O2S/c1-4-6(2)11-7(3)8(5-10-11)14(9,12)13/h5-6H,4H2,1-3H3/t6-/m0/s1. The Morgan fingerprint density at radius 3 is 2.57 bits per heavy atom. The van der Waals surface area contributed by atoms with Crippen LogP contribution in [0.25, 0.3) is 0 Å². The zero-order chi connectivity index (χ0) is 10.9. The molecule has 0 N–H and O–H groups in total. The molecule has 0 saturated heterocycles. The minimum absolute atomic E-state index is 0.0967. The monoisotopic (exact) mass is 236 g/mol. The van der Waals surface area contributed by atoms with Crippen LogP contribution >= 0.6 is 10.7 Å². The van der Waals surface area contributed by atoms with Gasteiger partial charge in [-0.25, -0.2) is 8.42 Å². The fourth-order valence-corrected chi connectivity index (χ4v) is 2.34. The van der Waals surface area contributed by atoms with Crippen molar-refractivity contribution in [2.45, 2.75) is 38.1 Å². The number of aromatic nitrogens is 2. The van der Waals surface area contributed by atoms with Gasteiger partial charge in [-0.2, -0.15) is 5.10 Å². The van der Waals surface area contributed by atoms with Gasteiger partial charge in [-0.3, -0.25) is 4.68 Å². The number of hydrogen-bond donors (Lipinski definition) is 0. The van der Waals surface area contributed by atoms with Gasteiger partial charge in [-0.15, -0.1) is 0 Å². The van der Waals surface area contributed by atoms with Gasteiger partial charge < -0.3 is 0 Å². The van der Waals surface area contributed by atoms with Crippen LogP contribution in [0.3, 0.4) is 0 Å². The van der Waals surface area contributed by atoms with Crippen molar-refractivity contribution < 1.29 is 8.42 Å². The molecule has 0 fully saturated rings. The van der Waals surface area contributed by atoms with E-state index in [4.69, 9.17) is 10.7 Å². The van der Waals surface area contributed by atoms with E-state index in [0.29, 0.717) is 5.69 Å². The highest BCUT2D eigenvalue weighted by atomic mass is 35.7. The summed E-state index contributed by atoms with van der Waals surface area (Å²) < 4.78 is 23.9. The van der Waals surface area contributed by atoms with Gasteiger partial charge in [0.2, 0.25) is 0 Å². The molecule has 4 nitrogen and oxygen atoms in total. The molecule has 0 saturated carbocycles. The fourth-order valence-electron chi connectivity index (χ4n) is 1.26. The van der Waals surface area contributed by atoms with Gasteiger partial charge in [0.15, 0.2) is 0 Å². The van der Waals surface area contributed by atoms with Crippen LogP contribution in [-0.2, 0) is 9.05 Å². The number of halogens is 1. The first-order valence-electron chi connectivity index (χ1n) is 4.36. The number of hydrogen-bond acceptors (Lipinski definition) is 3. The van der Waals surface area contributed by atoms with Crippen LogP contribution in [0.1, 0.15) is 32.0 Å². The van der Waals surface area contributed by atoms with E-state index in [1.807, 2.05) is 13.8 Å². The van der Waals surface area contributed by atoms with Gasteiger partial charge in [0.05, 0.1) is 11.9 Å². The second kappa shape index (κ2) is 3.90. The molecule has 0 unspecified atom stereocenters. The SMILES string of the molecule is CC[C@H](C)n1ncc(S(=O)(=O)Cl)c1C. The van der Waals surface area contributed by atoms with Crippen LogP contribution in [0.5, 0.6) is 0 Å². The van der Waals surface area contributed by atoms with Crippen molar-refractivity contribution in [2.75, 3.05) is 0 Å². The Bertz CT molecular complexity index is 425. The predicted molar refractivity (Wildman–Crippen MR) is 55.0 cm³/mol. The minimum atomic E-state index is -3.67. The summed E-state index contributed by atoms with van der Waals surface area (Å²) in [5.74, 6) is 0. The van der Waals surface area contributed by atoms with Crippen molar-refractivity contribution in [1.29, 1.82) is 0 Å². The van der Waals surface area contributed by atoms with E-state index in [2.05, 4.69) is 5.10 Å². The highest BCUT2D eigenvalue weighted by Gasteiger charge is 2.19. The molecule has 1 heterocycles. The lowest BCUT2D eigenvalue weighted by molar-refractivity contribution is 0.466. The first-order chi connectivity index (χ1) is 6.38. The summed E-state index contributed by atoms with van der Waals surface area (Å²) in [6.45, 7) is 5.69. The molecule has 0 aromatic carbocycles. The van der Waals surface area contributed by atoms with Gasteiger partial charge >= 0.3 is 0 Å². The summed E-state index contributed by atoms with van der Waals surface area (Å²) >= 11 is 0. The van der Waals surface area contributed by atoms with Crippen LogP contribution in [0.15, 0.2) is 11.1 Å².